The zero-order valence-electron chi connectivity index (χ0n) is 22.4. The molecule has 5 aromatic carbocycles. The smallest absolute Gasteiger partial charge is 0.0803 e. The fourth-order valence-corrected chi connectivity index (χ4v) is 7.11. The maximum Gasteiger partial charge on any atom is 0.0803 e. The van der Waals surface area contributed by atoms with E-state index in [1.54, 1.807) is 0 Å². The van der Waals surface area contributed by atoms with Crippen molar-refractivity contribution in [3.63, 3.8) is 0 Å². The van der Waals surface area contributed by atoms with Crippen LogP contribution in [0.15, 0.2) is 88.8 Å². The minimum absolute atomic E-state index is 0.0597. The molecule has 0 amide bonds. The monoisotopic (exact) mass is 497 g/mol. The van der Waals surface area contributed by atoms with Crippen LogP contribution >= 0.6 is 11.8 Å². The fourth-order valence-electron chi connectivity index (χ4n) is 5.93. The topological polar surface area (TPSA) is 12.9 Å². The van der Waals surface area contributed by atoms with Crippen LogP contribution < -0.4 is 0 Å². The molecule has 0 aliphatic carbocycles. The van der Waals surface area contributed by atoms with E-state index in [9.17, 15) is 0 Å². The SMILES string of the molecule is CC(C)(C)c1cc(C(C)(C)C)c2ccc3c4ccnc5c4c(cc3c2c1)Sc1cc2ccccc2cc1-5. The largest absolute Gasteiger partial charge is 0.256 e. The average Bonchev–Trinajstić information content (AvgIpc) is 2.86. The lowest BCUT2D eigenvalue weighted by molar-refractivity contribution is 0.573. The second kappa shape index (κ2) is 7.58. The number of benzene rings is 5. The summed E-state index contributed by atoms with van der Waals surface area (Å²) < 4.78 is 0. The summed E-state index contributed by atoms with van der Waals surface area (Å²) in [6, 6.07) is 27.5. The van der Waals surface area contributed by atoms with E-state index in [0.29, 0.717) is 0 Å². The minimum Gasteiger partial charge on any atom is -0.256 e. The molecule has 2 heterocycles. The summed E-state index contributed by atoms with van der Waals surface area (Å²) in [6.07, 6.45) is 1.99. The van der Waals surface area contributed by atoms with Gasteiger partial charge in [0.15, 0.2) is 0 Å². The Labute approximate surface area is 222 Å². The van der Waals surface area contributed by atoms with E-state index in [0.717, 1.165) is 5.69 Å². The highest BCUT2D eigenvalue weighted by atomic mass is 32.2. The maximum atomic E-state index is 4.93. The molecule has 0 atom stereocenters. The molecule has 182 valence electrons. The van der Waals surface area contributed by atoms with Gasteiger partial charge in [0, 0.05) is 26.9 Å². The zero-order chi connectivity index (χ0) is 25.7. The van der Waals surface area contributed by atoms with Gasteiger partial charge < -0.3 is 0 Å². The van der Waals surface area contributed by atoms with Crippen molar-refractivity contribution in [2.24, 2.45) is 0 Å². The summed E-state index contributed by atoms with van der Waals surface area (Å²) in [5.74, 6) is 0. The van der Waals surface area contributed by atoms with Gasteiger partial charge in [0.1, 0.15) is 0 Å². The molecule has 1 aliphatic rings. The third kappa shape index (κ3) is 3.42. The van der Waals surface area contributed by atoms with E-state index in [1.807, 2.05) is 18.0 Å². The van der Waals surface area contributed by atoms with Gasteiger partial charge in [-0.2, -0.15) is 0 Å². The quantitative estimate of drug-likeness (QED) is 0.193. The molecule has 0 bridgehead atoms. The molecule has 0 saturated heterocycles. The number of hydrogen-bond acceptors (Lipinski definition) is 2. The fraction of sp³-hybridized carbons (Fsp3) is 0.229. The van der Waals surface area contributed by atoms with Crippen LogP contribution in [0.1, 0.15) is 52.7 Å². The summed E-state index contributed by atoms with van der Waals surface area (Å²) in [7, 11) is 0. The predicted octanol–water partition coefficient (Wildman–Crippen LogP) is 10.4. The molecule has 0 spiro atoms. The zero-order valence-corrected chi connectivity index (χ0v) is 23.2. The van der Waals surface area contributed by atoms with Crippen molar-refractivity contribution in [1.82, 2.24) is 4.98 Å². The van der Waals surface area contributed by atoms with Gasteiger partial charge in [0.25, 0.3) is 0 Å². The van der Waals surface area contributed by atoms with Crippen molar-refractivity contribution in [3.05, 3.63) is 90.1 Å². The van der Waals surface area contributed by atoms with Crippen molar-refractivity contribution >= 4 is 54.9 Å². The molecule has 6 aromatic rings. The van der Waals surface area contributed by atoms with Gasteiger partial charge in [-0.1, -0.05) is 95.8 Å². The lowest BCUT2D eigenvalue weighted by Crippen LogP contribution is -2.16. The standard InChI is InChI=1S/C35H31NS/c1-34(2,3)22-17-26-24(29(18-22)35(4,5)6)12-11-23-25-13-14-36-33-28-15-20-9-7-8-10-21(20)16-30(28)37-31(32(25)33)19-27(23)26/h7-19H,1-6H3. The van der Waals surface area contributed by atoms with Crippen molar-refractivity contribution in [1.29, 1.82) is 0 Å². The lowest BCUT2D eigenvalue weighted by atomic mass is 9.77. The van der Waals surface area contributed by atoms with Crippen LogP contribution in [-0.4, -0.2) is 4.98 Å². The highest BCUT2D eigenvalue weighted by molar-refractivity contribution is 7.99. The third-order valence-corrected chi connectivity index (χ3v) is 9.04. The van der Waals surface area contributed by atoms with E-state index in [4.69, 9.17) is 4.98 Å². The Bertz CT molecular complexity index is 1920. The number of aromatic nitrogens is 1. The summed E-state index contributed by atoms with van der Waals surface area (Å²) in [4.78, 5) is 7.53. The first-order valence-electron chi connectivity index (χ1n) is 13.1. The first-order valence-corrected chi connectivity index (χ1v) is 14.0. The number of nitrogens with zero attached hydrogens (tertiary/aromatic N) is 1. The van der Waals surface area contributed by atoms with E-state index in [1.165, 1.54) is 69.6 Å². The van der Waals surface area contributed by atoms with Crippen LogP contribution in [0.5, 0.6) is 0 Å². The number of hydrogen-bond donors (Lipinski definition) is 0. The number of pyridine rings is 1. The van der Waals surface area contributed by atoms with Gasteiger partial charge in [0.05, 0.1) is 5.69 Å². The van der Waals surface area contributed by atoms with Gasteiger partial charge in [-0.15, -0.1) is 0 Å². The molecule has 0 fully saturated rings. The van der Waals surface area contributed by atoms with Crippen LogP contribution in [0.25, 0.3) is 54.3 Å². The van der Waals surface area contributed by atoms with Gasteiger partial charge in [-0.25, -0.2) is 0 Å². The van der Waals surface area contributed by atoms with Crippen LogP contribution in [0, 0.1) is 0 Å². The summed E-state index contributed by atoms with van der Waals surface area (Å²) in [5, 5.41) is 10.5. The minimum atomic E-state index is 0.0597. The first-order chi connectivity index (χ1) is 17.6. The van der Waals surface area contributed by atoms with E-state index < -0.39 is 0 Å². The second-order valence-electron chi connectivity index (χ2n) is 12.5. The van der Waals surface area contributed by atoms with Crippen LogP contribution in [-0.2, 0) is 10.8 Å². The lowest BCUT2D eigenvalue weighted by Gasteiger charge is -2.28. The molecule has 1 nitrogen and oxygen atoms in total. The molecule has 0 radical (unpaired) electrons. The Balaban J connectivity index is 1.61. The van der Waals surface area contributed by atoms with Gasteiger partial charge in [-0.05, 0) is 90.0 Å². The van der Waals surface area contributed by atoms with Crippen molar-refractivity contribution in [2.75, 3.05) is 0 Å². The summed E-state index contributed by atoms with van der Waals surface area (Å²) in [6.45, 7) is 14.0. The van der Waals surface area contributed by atoms with Crippen LogP contribution in [0.2, 0.25) is 0 Å². The highest BCUT2D eigenvalue weighted by Crippen LogP contribution is 2.51. The van der Waals surface area contributed by atoms with Gasteiger partial charge in [-0.3, -0.25) is 4.98 Å². The van der Waals surface area contributed by atoms with Crippen LogP contribution in [0.3, 0.4) is 0 Å². The molecular weight excluding hydrogens is 466 g/mol. The van der Waals surface area contributed by atoms with E-state index in [-0.39, 0.29) is 10.8 Å². The van der Waals surface area contributed by atoms with E-state index in [2.05, 4.69) is 114 Å². The molecule has 2 heteroatoms. The average molecular weight is 498 g/mol. The molecule has 37 heavy (non-hydrogen) atoms. The Morgan fingerprint density at radius 2 is 1.30 bits per heavy atom. The van der Waals surface area contributed by atoms with Crippen LogP contribution in [0.4, 0.5) is 0 Å². The molecule has 1 aromatic heterocycles. The Morgan fingerprint density at radius 3 is 2.03 bits per heavy atom. The predicted molar refractivity (Wildman–Crippen MR) is 161 cm³/mol. The maximum absolute atomic E-state index is 4.93. The molecule has 0 saturated carbocycles. The summed E-state index contributed by atoms with van der Waals surface area (Å²) >= 11 is 1.89. The molecule has 0 N–H and O–H groups in total. The Morgan fingerprint density at radius 1 is 0.595 bits per heavy atom. The summed E-state index contributed by atoms with van der Waals surface area (Å²) in [5.41, 5.74) is 5.30. The van der Waals surface area contributed by atoms with Crippen molar-refractivity contribution in [2.45, 2.75) is 62.2 Å². The molecule has 0 unspecified atom stereocenters. The van der Waals surface area contributed by atoms with Crippen molar-refractivity contribution in [3.8, 4) is 11.3 Å². The Kier molecular flexibility index (Phi) is 4.67. The molecular formula is C35H31NS. The second-order valence-corrected chi connectivity index (χ2v) is 13.6. The van der Waals surface area contributed by atoms with Gasteiger partial charge >= 0.3 is 0 Å². The number of fused-ring (bicyclic) bond motifs is 7. The molecule has 1 aliphatic heterocycles. The Hall–Kier alpha value is -3.36. The van der Waals surface area contributed by atoms with E-state index >= 15 is 0 Å². The third-order valence-electron chi connectivity index (χ3n) is 7.94. The highest BCUT2D eigenvalue weighted by Gasteiger charge is 2.26. The normalized spacial score (nSPS) is 13.6. The van der Waals surface area contributed by atoms with Gasteiger partial charge in [0.2, 0.25) is 0 Å². The number of rotatable bonds is 0. The molecule has 7 rings (SSSR count). The van der Waals surface area contributed by atoms with Crippen molar-refractivity contribution < 1.29 is 0 Å². The first kappa shape index (κ1) is 22.8.